The van der Waals surface area contributed by atoms with Crippen molar-refractivity contribution in [3.05, 3.63) is 120 Å². The molecule has 0 heterocycles. The number of phenols is 2. The highest BCUT2D eigenvalue weighted by molar-refractivity contribution is 5.89. The molecule has 1 aliphatic carbocycles. The number of fused-ring (bicyclic) bond motifs is 3. The molecule has 0 spiro atoms. The summed E-state index contributed by atoms with van der Waals surface area (Å²) in [5.41, 5.74) is 5.75. The van der Waals surface area contributed by atoms with E-state index in [1.807, 2.05) is 30.3 Å². The summed E-state index contributed by atoms with van der Waals surface area (Å²) < 4.78 is 16.9. The van der Waals surface area contributed by atoms with Crippen LogP contribution >= 0.6 is 0 Å². The van der Waals surface area contributed by atoms with E-state index in [1.165, 1.54) is 6.08 Å². The highest BCUT2D eigenvalue weighted by Gasteiger charge is 2.36. The van der Waals surface area contributed by atoms with Gasteiger partial charge in [0, 0.05) is 11.5 Å². The lowest BCUT2D eigenvalue weighted by Crippen LogP contribution is -2.15. The van der Waals surface area contributed by atoms with Crippen molar-refractivity contribution >= 4 is 18.1 Å². The molecular weight excluding hydrogens is 492 g/mol. The highest BCUT2D eigenvalue weighted by Crippen LogP contribution is 2.50. The molecule has 0 aliphatic heterocycles. The number of ether oxygens (including phenoxy) is 3. The van der Waals surface area contributed by atoms with Crippen LogP contribution in [0.4, 0.5) is 0 Å². The van der Waals surface area contributed by atoms with Gasteiger partial charge >= 0.3 is 5.97 Å². The summed E-state index contributed by atoms with van der Waals surface area (Å²) in [5, 5.41) is 18.8. The molecule has 0 aromatic heterocycles. The molecule has 5 rings (SSSR count). The number of benzene rings is 4. The predicted octanol–water partition coefficient (Wildman–Crippen LogP) is 7.05. The maximum absolute atomic E-state index is 12.4. The lowest BCUT2D eigenvalue weighted by Gasteiger charge is -2.22. The molecule has 196 valence electrons. The average Bonchev–Trinajstić information content (AvgIpc) is 3.15. The van der Waals surface area contributed by atoms with Crippen LogP contribution in [-0.2, 0) is 14.9 Å². The molecule has 6 heteroatoms. The molecule has 0 saturated heterocycles. The summed E-state index contributed by atoms with van der Waals surface area (Å²) in [6.07, 6.45) is 6.36. The Hall–Kier alpha value is -4.97. The van der Waals surface area contributed by atoms with E-state index in [2.05, 4.69) is 13.8 Å². The molecule has 4 aromatic carbocycles. The molecule has 0 radical (unpaired) electrons. The second kappa shape index (κ2) is 10.8. The van der Waals surface area contributed by atoms with Crippen LogP contribution in [0.5, 0.6) is 23.0 Å². The number of carbonyl (C=O) groups excluding carboxylic acids is 1. The van der Waals surface area contributed by atoms with Crippen molar-refractivity contribution in [3.63, 3.8) is 0 Å². The van der Waals surface area contributed by atoms with Crippen LogP contribution in [0.15, 0.2) is 97.3 Å². The van der Waals surface area contributed by atoms with E-state index in [1.54, 1.807) is 73.0 Å². The van der Waals surface area contributed by atoms with Crippen LogP contribution in [-0.4, -0.2) is 23.0 Å². The van der Waals surface area contributed by atoms with Gasteiger partial charge in [0.15, 0.2) is 0 Å². The molecule has 0 fully saturated rings. The smallest absolute Gasteiger partial charge is 0.336 e. The van der Waals surface area contributed by atoms with E-state index < -0.39 is 5.97 Å². The predicted molar refractivity (Wildman–Crippen MR) is 151 cm³/mol. The molecule has 0 saturated carbocycles. The minimum atomic E-state index is -0.480. The quantitative estimate of drug-likeness (QED) is 0.0647. The average molecular weight is 521 g/mol. The molecule has 0 unspecified atom stereocenters. The number of phenolic OH excluding ortho intramolecular Hbond substituents is 2. The maximum Gasteiger partial charge on any atom is 0.336 e. The second-order valence-corrected chi connectivity index (χ2v) is 9.71. The maximum atomic E-state index is 12.4. The standard InChI is InChI=1S/C33H28O6/c1-33(2)30-19-26(38-21-37-18-17-23-5-10-25(35)11-6-23)12-14-28(30)29-15-13-27(20-31(29)33)39-32(36)16-7-22-3-8-24(34)9-4-22/h3-20,34-35H,21H2,1-2H3. The van der Waals surface area contributed by atoms with Crippen molar-refractivity contribution in [3.8, 4) is 34.1 Å². The zero-order valence-electron chi connectivity index (χ0n) is 21.6. The summed E-state index contributed by atoms with van der Waals surface area (Å²) in [5.74, 6) is 1.07. The van der Waals surface area contributed by atoms with E-state index in [4.69, 9.17) is 14.2 Å². The van der Waals surface area contributed by atoms with Crippen LogP contribution in [0.25, 0.3) is 23.3 Å². The van der Waals surface area contributed by atoms with Crippen LogP contribution in [0.3, 0.4) is 0 Å². The van der Waals surface area contributed by atoms with Gasteiger partial charge in [0.25, 0.3) is 0 Å². The first-order valence-electron chi connectivity index (χ1n) is 12.5. The molecule has 0 atom stereocenters. The second-order valence-electron chi connectivity index (χ2n) is 9.71. The number of hydrogen-bond acceptors (Lipinski definition) is 6. The molecule has 39 heavy (non-hydrogen) atoms. The van der Waals surface area contributed by atoms with Gasteiger partial charge in [-0.2, -0.15) is 0 Å². The third-order valence-electron chi connectivity index (χ3n) is 6.69. The molecule has 1 aliphatic rings. The minimum absolute atomic E-state index is 0.0541. The molecule has 6 nitrogen and oxygen atoms in total. The van der Waals surface area contributed by atoms with E-state index in [-0.39, 0.29) is 23.7 Å². The van der Waals surface area contributed by atoms with E-state index in [9.17, 15) is 15.0 Å². The number of rotatable bonds is 8. The monoisotopic (exact) mass is 520 g/mol. The van der Waals surface area contributed by atoms with Crippen molar-refractivity contribution in [1.82, 2.24) is 0 Å². The third kappa shape index (κ3) is 5.80. The van der Waals surface area contributed by atoms with Gasteiger partial charge in [0.1, 0.15) is 23.0 Å². The summed E-state index contributed by atoms with van der Waals surface area (Å²) in [4.78, 5) is 12.4. The Morgan fingerprint density at radius 1 is 0.744 bits per heavy atom. The fourth-order valence-electron chi connectivity index (χ4n) is 4.60. The Labute approximate surface area is 227 Å². The van der Waals surface area contributed by atoms with Crippen molar-refractivity contribution in [1.29, 1.82) is 0 Å². The zero-order chi connectivity index (χ0) is 27.4. The highest BCUT2D eigenvalue weighted by atomic mass is 16.7. The fourth-order valence-corrected chi connectivity index (χ4v) is 4.60. The first-order chi connectivity index (χ1) is 18.8. The first-order valence-corrected chi connectivity index (χ1v) is 12.5. The topological polar surface area (TPSA) is 85.2 Å². The van der Waals surface area contributed by atoms with E-state index in [0.29, 0.717) is 11.5 Å². The fraction of sp³-hybridized carbons (Fsp3) is 0.121. The van der Waals surface area contributed by atoms with Crippen LogP contribution in [0, 0.1) is 0 Å². The van der Waals surface area contributed by atoms with Crippen LogP contribution in [0.2, 0.25) is 0 Å². The molecule has 0 bridgehead atoms. The largest absolute Gasteiger partial charge is 0.508 e. The van der Waals surface area contributed by atoms with Gasteiger partial charge in [-0.25, -0.2) is 4.79 Å². The molecular formula is C33H28O6. The SMILES string of the molecule is CC1(C)c2cc(OCOC=Cc3ccc(O)cc3)ccc2-c2ccc(OC(=O)C=Cc3ccc(O)cc3)cc21. The lowest BCUT2D eigenvalue weighted by atomic mass is 9.82. The summed E-state index contributed by atoms with van der Waals surface area (Å²) in [7, 11) is 0. The first kappa shape index (κ1) is 25.7. The molecule has 4 aromatic rings. The summed E-state index contributed by atoms with van der Waals surface area (Å²) in [6, 6.07) is 25.0. The molecule has 2 N–H and O–H groups in total. The Bertz CT molecular complexity index is 1550. The summed E-state index contributed by atoms with van der Waals surface area (Å²) in [6.45, 7) is 4.32. The van der Waals surface area contributed by atoms with Gasteiger partial charge in [-0.1, -0.05) is 50.2 Å². The Morgan fingerprint density at radius 2 is 1.28 bits per heavy atom. The van der Waals surface area contributed by atoms with Gasteiger partial charge in [-0.05, 0) is 94.1 Å². The van der Waals surface area contributed by atoms with Gasteiger partial charge in [0.2, 0.25) is 6.79 Å². The Balaban J connectivity index is 1.23. The molecule has 0 amide bonds. The van der Waals surface area contributed by atoms with Crippen molar-refractivity contribution < 1.29 is 29.2 Å². The Morgan fingerprint density at radius 3 is 1.90 bits per heavy atom. The van der Waals surface area contributed by atoms with E-state index in [0.717, 1.165) is 33.4 Å². The van der Waals surface area contributed by atoms with Crippen molar-refractivity contribution in [2.24, 2.45) is 0 Å². The van der Waals surface area contributed by atoms with Gasteiger partial charge in [-0.3, -0.25) is 0 Å². The number of hydrogen-bond donors (Lipinski definition) is 2. The van der Waals surface area contributed by atoms with Crippen molar-refractivity contribution in [2.75, 3.05) is 6.79 Å². The normalized spacial score (nSPS) is 13.3. The zero-order valence-corrected chi connectivity index (χ0v) is 21.6. The van der Waals surface area contributed by atoms with Gasteiger partial charge in [-0.15, -0.1) is 0 Å². The number of carbonyl (C=O) groups is 1. The lowest BCUT2D eigenvalue weighted by molar-refractivity contribution is -0.128. The van der Waals surface area contributed by atoms with Crippen LogP contribution in [0.1, 0.15) is 36.1 Å². The van der Waals surface area contributed by atoms with E-state index >= 15 is 0 Å². The van der Waals surface area contributed by atoms with Gasteiger partial charge in [0.05, 0.1) is 6.26 Å². The summed E-state index contributed by atoms with van der Waals surface area (Å²) >= 11 is 0. The van der Waals surface area contributed by atoms with Gasteiger partial charge < -0.3 is 24.4 Å². The Kier molecular flexibility index (Phi) is 7.10. The number of aromatic hydroxyl groups is 2. The number of esters is 1. The van der Waals surface area contributed by atoms with Crippen LogP contribution < -0.4 is 9.47 Å². The van der Waals surface area contributed by atoms with Crippen molar-refractivity contribution in [2.45, 2.75) is 19.3 Å². The minimum Gasteiger partial charge on any atom is -0.508 e. The third-order valence-corrected chi connectivity index (χ3v) is 6.69.